The van der Waals surface area contributed by atoms with Gasteiger partial charge >= 0.3 is 0 Å². The zero-order valence-electron chi connectivity index (χ0n) is 13.6. The average Bonchev–Trinajstić information content (AvgIpc) is 2.86. The van der Waals surface area contributed by atoms with Gasteiger partial charge in [0.25, 0.3) is 0 Å². The van der Waals surface area contributed by atoms with Gasteiger partial charge in [-0.15, -0.1) is 0 Å². The largest absolute Gasteiger partial charge is 0.357 e. The Morgan fingerprint density at radius 1 is 0.792 bits per heavy atom. The van der Waals surface area contributed by atoms with Crippen molar-refractivity contribution in [3.63, 3.8) is 0 Å². The van der Waals surface area contributed by atoms with E-state index in [4.69, 9.17) is 0 Å². The van der Waals surface area contributed by atoms with Crippen LogP contribution in [0.5, 0.6) is 0 Å². The highest BCUT2D eigenvalue weighted by Crippen LogP contribution is 2.45. The van der Waals surface area contributed by atoms with E-state index in [0.717, 1.165) is 22.4 Å². The molecule has 24 heavy (non-hydrogen) atoms. The van der Waals surface area contributed by atoms with Crippen molar-refractivity contribution in [3.8, 4) is 0 Å². The summed E-state index contributed by atoms with van der Waals surface area (Å²) in [6, 6.07) is 28.3. The van der Waals surface area contributed by atoms with E-state index in [0.29, 0.717) is 6.42 Å². The third kappa shape index (κ3) is 2.07. The van der Waals surface area contributed by atoms with Crippen LogP contribution in [0.15, 0.2) is 84.9 Å². The number of hydrogen-bond acceptors (Lipinski definition) is 2. The minimum Gasteiger partial charge on any atom is -0.357 e. The van der Waals surface area contributed by atoms with Crippen molar-refractivity contribution in [2.24, 2.45) is 0 Å². The number of ketones is 1. The molecule has 1 atom stereocenters. The maximum absolute atomic E-state index is 13.5. The van der Waals surface area contributed by atoms with Gasteiger partial charge in [-0.05, 0) is 23.3 Å². The van der Waals surface area contributed by atoms with Crippen LogP contribution >= 0.6 is 0 Å². The van der Waals surface area contributed by atoms with Crippen molar-refractivity contribution in [2.75, 3.05) is 11.9 Å². The van der Waals surface area contributed by atoms with E-state index < -0.39 is 5.54 Å². The zero-order valence-corrected chi connectivity index (χ0v) is 13.6. The molecule has 0 fully saturated rings. The van der Waals surface area contributed by atoms with Gasteiger partial charge < -0.3 is 4.90 Å². The fourth-order valence-corrected chi connectivity index (χ4v) is 3.77. The lowest BCUT2D eigenvalue weighted by Crippen LogP contribution is -2.47. The number of anilines is 1. The molecule has 118 valence electrons. The topological polar surface area (TPSA) is 20.3 Å². The van der Waals surface area contributed by atoms with Crippen LogP contribution in [0.25, 0.3) is 0 Å². The van der Waals surface area contributed by atoms with E-state index in [2.05, 4.69) is 29.2 Å². The first kappa shape index (κ1) is 14.7. The molecule has 1 aliphatic heterocycles. The molecule has 0 aromatic heterocycles. The SMILES string of the molecule is CN1c2ccccc2C(=O)C1(Cc1ccccc1)c1ccccc1. The van der Waals surface area contributed by atoms with Gasteiger partial charge in [-0.2, -0.15) is 0 Å². The van der Waals surface area contributed by atoms with Crippen LogP contribution < -0.4 is 4.90 Å². The maximum atomic E-state index is 13.5. The van der Waals surface area contributed by atoms with Gasteiger partial charge in [-0.25, -0.2) is 0 Å². The third-order valence-corrected chi connectivity index (χ3v) is 5.01. The van der Waals surface area contributed by atoms with E-state index >= 15 is 0 Å². The molecule has 0 saturated heterocycles. The third-order valence-electron chi connectivity index (χ3n) is 5.01. The zero-order chi connectivity index (χ0) is 16.6. The summed E-state index contributed by atoms with van der Waals surface area (Å²) < 4.78 is 0. The Kier molecular flexibility index (Phi) is 3.46. The van der Waals surface area contributed by atoms with Crippen molar-refractivity contribution in [3.05, 3.63) is 102 Å². The lowest BCUT2D eigenvalue weighted by molar-refractivity contribution is 0.0900. The van der Waals surface area contributed by atoms with Crippen molar-refractivity contribution in [1.29, 1.82) is 0 Å². The Morgan fingerprint density at radius 2 is 1.38 bits per heavy atom. The molecule has 2 heteroatoms. The number of carbonyl (C=O) groups excluding carboxylic acids is 1. The average molecular weight is 313 g/mol. The van der Waals surface area contributed by atoms with Crippen LogP contribution in [0.4, 0.5) is 5.69 Å². The quantitative estimate of drug-likeness (QED) is 0.711. The van der Waals surface area contributed by atoms with E-state index in [-0.39, 0.29) is 5.78 Å². The Morgan fingerprint density at radius 3 is 2.04 bits per heavy atom. The smallest absolute Gasteiger partial charge is 0.195 e. The first-order valence-electron chi connectivity index (χ1n) is 8.20. The molecular formula is C22H19NO. The lowest BCUT2D eigenvalue weighted by Gasteiger charge is -2.37. The molecule has 0 radical (unpaired) electrons. The molecule has 1 heterocycles. The van der Waals surface area contributed by atoms with E-state index in [1.165, 1.54) is 0 Å². The second-order valence-corrected chi connectivity index (χ2v) is 6.29. The standard InChI is InChI=1S/C22H19NO/c1-23-20-15-9-8-14-19(20)21(24)22(23,18-12-6-3-7-13-18)16-17-10-4-2-5-11-17/h2-15H,16H2,1H3. The van der Waals surface area contributed by atoms with Crippen LogP contribution in [0.3, 0.4) is 0 Å². The second kappa shape index (κ2) is 5.64. The van der Waals surface area contributed by atoms with Gasteiger partial charge in [-0.3, -0.25) is 4.79 Å². The first-order valence-corrected chi connectivity index (χ1v) is 8.20. The number of fused-ring (bicyclic) bond motifs is 1. The van der Waals surface area contributed by atoms with Crippen LogP contribution in [0, 0.1) is 0 Å². The minimum absolute atomic E-state index is 0.177. The molecule has 3 aromatic carbocycles. The highest BCUT2D eigenvalue weighted by molar-refractivity contribution is 6.14. The van der Waals surface area contributed by atoms with E-state index in [9.17, 15) is 4.79 Å². The Hall–Kier alpha value is -2.87. The summed E-state index contributed by atoms with van der Waals surface area (Å²) in [5.74, 6) is 0.177. The van der Waals surface area contributed by atoms with Gasteiger partial charge in [0, 0.05) is 24.7 Å². The molecule has 1 unspecified atom stereocenters. The monoisotopic (exact) mass is 313 g/mol. The van der Waals surface area contributed by atoms with Crippen molar-refractivity contribution >= 4 is 11.5 Å². The van der Waals surface area contributed by atoms with Crippen molar-refractivity contribution < 1.29 is 4.79 Å². The lowest BCUT2D eigenvalue weighted by atomic mass is 9.80. The second-order valence-electron chi connectivity index (χ2n) is 6.29. The summed E-state index contributed by atoms with van der Waals surface area (Å²) in [6.07, 6.45) is 0.655. The summed E-state index contributed by atoms with van der Waals surface area (Å²) in [6.45, 7) is 0. The molecule has 2 nitrogen and oxygen atoms in total. The summed E-state index contributed by atoms with van der Waals surface area (Å²) in [7, 11) is 2.03. The van der Waals surface area contributed by atoms with Gasteiger partial charge in [0.1, 0.15) is 5.54 Å². The first-order chi connectivity index (χ1) is 11.7. The number of Topliss-reactive ketones (excluding diaryl/α,β-unsaturated/α-hetero) is 1. The normalized spacial score (nSPS) is 19.4. The number of hydrogen-bond donors (Lipinski definition) is 0. The summed E-state index contributed by atoms with van der Waals surface area (Å²) in [5.41, 5.74) is 3.32. The van der Waals surface area contributed by atoms with Crippen LogP contribution in [-0.2, 0) is 12.0 Å². The van der Waals surface area contributed by atoms with Crippen molar-refractivity contribution in [1.82, 2.24) is 0 Å². The summed E-state index contributed by atoms with van der Waals surface area (Å²) in [4.78, 5) is 15.6. The summed E-state index contributed by atoms with van der Waals surface area (Å²) in [5, 5.41) is 0. The fourth-order valence-electron chi connectivity index (χ4n) is 3.77. The number of para-hydroxylation sites is 1. The van der Waals surface area contributed by atoms with Gasteiger partial charge in [0.05, 0.1) is 0 Å². The van der Waals surface area contributed by atoms with Crippen LogP contribution in [-0.4, -0.2) is 12.8 Å². The Bertz CT molecular complexity index is 873. The highest BCUT2D eigenvalue weighted by Gasteiger charge is 2.50. The molecule has 0 amide bonds. The molecular weight excluding hydrogens is 294 g/mol. The molecule has 4 rings (SSSR count). The molecule has 1 aliphatic rings. The predicted octanol–water partition coefficient (Wildman–Crippen LogP) is 4.46. The highest BCUT2D eigenvalue weighted by atomic mass is 16.1. The van der Waals surface area contributed by atoms with Gasteiger partial charge in [0.2, 0.25) is 0 Å². The number of rotatable bonds is 3. The molecule has 0 bridgehead atoms. The number of likely N-dealkylation sites (N-methyl/N-ethyl adjacent to an activating group) is 1. The predicted molar refractivity (Wildman–Crippen MR) is 97.4 cm³/mol. The van der Waals surface area contributed by atoms with Gasteiger partial charge in [-0.1, -0.05) is 72.8 Å². The Labute approximate surface area is 142 Å². The van der Waals surface area contributed by atoms with Crippen LogP contribution in [0.2, 0.25) is 0 Å². The molecule has 0 saturated carbocycles. The van der Waals surface area contributed by atoms with Gasteiger partial charge in [0.15, 0.2) is 5.78 Å². The molecule has 0 spiro atoms. The van der Waals surface area contributed by atoms with Crippen molar-refractivity contribution in [2.45, 2.75) is 12.0 Å². The minimum atomic E-state index is -0.688. The van der Waals surface area contributed by atoms with E-state index in [1.54, 1.807) is 0 Å². The fraction of sp³-hybridized carbons (Fsp3) is 0.136. The molecule has 3 aromatic rings. The van der Waals surface area contributed by atoms with E-state index in [1.807, 2.05) is 67.7 Å². The number of carbonyl (C=O) groups is 1. The molecule has 0 N–H and O–H groups in total. The molecule has 0 aliphatic carbocycles. The Balaban J connectivity index is 1.92. The number of nitrogens with zero attached hydrogens (tertiary/aromatic N) is 1. The summed E-state index contributed by atoms with van der Waals surface area (Å²) >= 11 is 0. The van der Waals surface area contributed by atoms with Crippen LogP contribution in [0.1, 0.15) is 21.5 Å². The maximum Gasteiger partial charge on any atom is 0.195 e. The number of benzene rings is 3.